The number of rotatable bonds is 1. The molecule has 1 N–H and O–H groups in total. The van der Waals surface area contributed by atoms with Gasteiger partial charge in [0.1, 0.15) is 6.10 Å². The molecule has 1 atom stereocenters. The fourth-order valence-corrected chi connectivity index (χ4v) is 1.40. The van der Waals surface area contributed by atoms with Crippen LogP contribution in [-0.4, -0.2) is 19.1 Å². The number of hydrogen-bond acceptors (Lipinski definition) is 3. The number of cyclic esters (lactones) is 1. The van der Waals surface area contributed by atoms with Crippen molar-refractivity contribution < 1.29 is 9.53 Å². The Bertz CT molecular complexity index is 297. The van der Waals surface area contributed by atoms with Crippen LogP contribution in [0.25, 0.3) is 0 Å². The average Bonchev–Trinajstić information content (AvgIpc) is 2.19. The highest BCUT2D eigenvalue weighted by molar-refractivity contribution is 5.72. The molecule has 0 saturated carbocycles. The lowest BCUT2D eigenvalue weighted by molar-refractivity contribution is -0.151. The number of ether oxygens (including phenoxy) is 1. The van der Waals surface area contributed by atoms with Crippen LogP contribution in [0.3, 0.4) is 0 Å². The molecule has 3 nitrogen and oxygen atoms in total. The zero-order valence-corrected chi connectivity index (χ0v) is 7.19. The second kappa shape index (κ2) is 3.58. The second-order valence-corrected chi connectivity index (χ2v) is 3.02. The van der Waals surface area contributed by atoms with Gasteiger partial charge in [0.25, 0.3) is 0 Å². The first-order valence-electron chi connectivity index (χ1n) is 4.31. The molecule has 1 aromatic carbocycles. The minimum absolute atomic E-state index is 0.123. The number of esters is 1. The summed E-state index contributed by atoms with van der Waals surface area (Å²) in [5.74, 6) is -0.180. The van der Waals surface area contributed by atoms with E-state index >= 15 is 0 Å². The quantitative estimate of drug-likeness (QED) is 0.647. The Hall–Kier alpha value is -1.35. The monoisotopic (exact) mass is 177 g/mol. The van der Waals surface area contributed by atoms with Gasteiger partial charge < -0.3 is 10.1 Å². The Morgan fingerprint density at radius 3 is 2.77 bits per heavy atom. The van der Waals surface area contributed by atoms with E-state index in [1.165, 1.54) is 0 Å². The lowest BCUT2D eigenvalue weighted by atomic mass is 10.1. The first kappa shape index (κ1) is 8.26. The SMILES string of the molecule is O=C1CNC[C@@H](c2ccccc2)O1. The standard InChI is InChI=1S/C10H11NO2/c12-10-7-11-6-9(13-10)8-4-2-1-3-5-8/h1-5,9,11H,6-7H2/t9-/m0/s1. The molecule has 1 aliphatic heterocycles. The Morgan fingerprint density at radius 1 is 1.31 bits per heavy atom. The van der Waals surface area contributed by atoms with E-state index in [0.717, 1.165) is 5.56 Å². The molecule has 1 heterocycles. The van der Waals surface area contributed by atoms with E-state index in [4.69, 9.17) is 4.74 Å². The summed E-state index contributed by atoms with van der Waals surface area (Å²) in [5.41, 5.74) is 1.04. The summed E-state index contributed by atoms with van der Waals surface area (Å²) in [5, 5.41) is 3.01. The fourth-order valence-electron chi connectivity index (χ4n) is 1.40. The molecular weight excluding hydrogens is 166 g/mol. The number of morpholine rings is 1. The molecule has 1 aromatic rings. The highest BCUT2D eigenvalue weighted by atomic mass is 16.5. The van der Waals surface area contributed by atoms with Gasteiger partial charge >= 0.3 is 5.97 Å². The highest BCUT2D eigenvalue weighted by Crippen LogP contribution is 2.17. The fraction of sp³-hybridized carbons (Fsp3) is 0.300. The molecule has 1 saturated heterocycles. The molecule has 0 bridgehead atoms. The maximum absolute atomic E-state index is 11.0. The van der Waals surface area contributed by atoms with E-state index < -0.39 is 0 Å². The van der Waals surface area contributed by atoms with Gasteiger partial charge in [-0.15, -0.1) is 0 Å². The van der Waals surface area contributed by atoms with Gasteiger partial charge in [0.05, 0.1) is 6.54 Å². The minimum atomic E-state index is -0.180. The summed E-state index contributed by atoms with van der Waals surface area (Å²) in [6, 6.07) is 9.76. The number of nitrogens with one attached hydrogen (secondary N) is 1. The number of benzene rings is 1. The minimum Gasteiger partial charge on any atom is -0.455 e. The average molecular weight is 177 g/mol. The normalized spacial score (nSPS) is 22.5. The van der Waals surface area contributed by atoms with Crippen LogP contribution >= 0.6 is 0 Å². The van der Waals surface area contributed by atoms with Crippen LogP contribution < -0.4 is 5.32 Å². The van der Waals surface area contributed by atoms with Crippen molar-refractivity contribution in [2.45, 2.75) is 6.10 Å². The van der Waals surface area contributed by atoms with Gasteiger partial charge in [0, 0.05) is 6.54 Å². The summed E-state index contributed by atoms with van der Waals surface area (Å²) in [4.78, 5) is 11.0. The largest absolute Gasteiger partial charge is 0.455 e. The Labute approximate surface area is 76.7 Å². The van der Waals surface area contributed by atoms with Gasteiger partial charge in [-0.2, -0.15) is 0 Å². The van der Waals surface area contributed by atoms with Crippen LogP contribution in [0.5, 0.6) is 0 Å². The molecule has 68 valence electrons. The van der Waals surface area contributed by atoms with Crippen LogP contribution in [0, 0.1) is 0 Å². The zero-order valence-electron chi connectivity index (χ0n) is 7.19. The van der Waals surface area contributed by atoms with Gasteiger partial charge in [-0.1, -0.05) is 30.3 Å². The highest BCUT2D eigenvalue weighted by Gasteiger charge is 2.20. The lowest BCUT2D eigenvalue weighted by Gasteiger charge is -2.23. The van der Waals surface area contributed by atoms with E-state index in [1.807, 2.05) is 30.3 Å². The molecule has 0 aromatic heterocycles. The van der Waals surface area contributed by atoms with E-state index in [1.54, 1.807) is 0 Å². The third-order valence-electron chi connectivity index (χ3n) is 2.04. The molecule has 0 spiro atoms. The Morgan fingerprint density at radius 2 is 2.08 bits per heavy atom. The van der Waals surface area contributed by atoms with Crippen molar-refractivity contribution in [2.24, 2.45) is 0 Å². The smallest absolute Gasteiger partial charge is 0.320 e. The van der Waals surface area contributed by atoms with Crippen LogP contribution in [-0.2, 0) is 9.53 Å². The Kier molecular flexibility index (Phi) is 2.27. The Balaban J connectivity index is 2.13. The van der Waals surface area contributed by atoms with Gasteiger partial charge in [-0.3, -0.25) is 4.79 Å². The zero-order chi connectivity index (χ0) is 9.10. The molecule has 1 fully saturated rings. The van der Waals surface area contributed by atoms with Gasteiger partial charge in [0.2, 0.25) is 0 Å². The molecule has 1 aliphatic rings. The summed E-state index contributed by atoms with van der Waals surface area (Å²) in [6.45, 7) is 1.03. The van der Waals surface area contributed by atoms with Gasteiger partial charge in [-0.05, 0) is 5.56 Å². The van der Waals surface area contributed by atoms with E-state index in [9.17, 15) is 4.79 Å². The third-order valence-corrected chi connectivity index (χ3v) is 2.04. The van der Waals surface area contributed by atoms with Gasteiger partial charge in [-0.25, -0.2) is 0 Å². The molecule has 0 unspecified atom stereocenters. The molecular formula is C10H11NO2. The predicted octanol–water partition coefficient (Wildman–Crippen LogP) is 0.874. The number of carbonyl (C=O) groups is 1. The molecule has 0 radical (unpaired) electrons. The third kappa shape index (κ3) is 1.87. The first-order chi connectivity index (χ1) is 6.36. The molecule has 13 heavy (non-hydrogen) atoms. The van der Waals surface area contributed by atoms with Gasteiger partial charge in [0.15, 0.2) is 0 Å². The first-order valence-corrected chi connectivity index (χ1v) is 4.31. The molecule has 0 aliphatic carbocycles. The lowest BCUT2D eigenvalue weighted by Crippen LogP contribution is -2.37. The second-order valence-electron chi connectivity index (χ2n) is 3.02. The maximum atomic E-state index is 11.0. The predicted molar refractivity (Wildman–Crippen MR) is 48.1 cm³/mol. The summed E-state index contributed by atoms with van der Waals surface area (Å²) >= 11 is 0. The summed E-state index contributed by atoms with van der Waals surface area (Å²) < 4.78 is 5.17. The number of carbonyl (C=O) groups excluding carboxylic acids is 1. The van der Waals surface area contributed by atoms with Crippen molar-refractivity contribution in [2.75, 3.05) is 13.1 Å². The summed E-state index contributed by atoms with van der Waals surface area (Å²) in [7, 11) is 0. The van der Waals surface area contributed by atoms with Crippen LogP contribution in [0.1, 0.15) is 11.7 Å². The van der Waals surface area contributed by atoms with Crippen molar-refractivity contribution in [3.05, 3.63) is 35.9 Å². The van der Waals surface area contributed by atoms with Crippen molar-refractivity contribution in [3.63, 3.8) is 0 Å². The van der Waals surface area contributed by atoms with E-state index in [0.29, 0.717) is 13.1 Å². The number of hydrogen-bond donors (Lipinski definition) is 1. The van der Waals surface area contributed by atoms with Crippen molar-refractivity contribution in [1.29, 1.82) is 0 Å². The molecule has 2 rings (SSSR count). The van der Waals surface area contributed by atoms with Crippen molar-refractivity contribution >= 4 is 5.97 Å². The van der Waals surface area contributed by atoms with E-state index in [-0.39, 0.29) is 12.1 Å². The van der Waals surface area contributed by atoms with Crippen molar-refractivity contribution in [3.8, 4) is 0 Å². The van der Waals surface area contributed by atoms with Crippen molar-refractivity contribution in [1.82, 2.24) is 5.32 Å². The van der Waals surface area contributed by atoms with Crippen LogP contribution in [0.2, 0.25) is 0 Å². The van der Waals surface area contributed by atoms with E-state index in [2.05, 4.69) is 5.32 Å². The van der Waals surface area contributed by atoms with Crippen LogP contribution in [0.4, 0.5) is 0 Å². The topological polar surface area (TPSA) is 38.3 Å². The molecule has 0 amide bonds. The maximum Gasteiger partial charge on any atom is 0.320 e. The van der Waals surface area contributed by atoms with Crippen LogP contribution in [0.15, 0.2) is 30.3 Å². The summed E-state index contributed by atoms with van der Waals surface area (Å²) in [6.07, 6.45) is -0.123. The molecule has 3 heteroatoms.